The average Bonchev–Trinajstić information content (AvgIpc) is 2.82. The van der Waals surface area contributed by atoms with Gasteiger partial charge in [-0.05, 0) is 30.2 Å². The Morgan fingerprint density at radius 3 is 2.50 bits per heavy atom. The molecule has 0 radical (unpaired) electrons. The van der Waals surface area contributed by atoms with Crippen LogP contribution in [0.1, 0.15) is 12.0 Å². The van der Waals surface area contributed by atoms with Crippen molar-refractivity contribution in [3.8, 4) is 0 Å². The van der Waals surface area contributed by atoms with E-state index in [-0.39, 0.29) is 16.4 Å². The Balaban J connectivity index is 1.67. The van der Waals surface area contributed by atoms with Crippen LogP contribution in [-0.4, -0.2) is 36.0 Å². The summed E-state index contributed by atoms with van der Waals surface area (Å²) >= 11 is 0. The highest BCUT2D eigenvalue weighted by Gasteiger charge is 2.21. The molecule has 126 valence electrons. The van der Waals surface area contributed by atoms with E-state index in [0.717, 1.165) is 44.7 Å². The number of rotatable bonds is 4. The Bertz CT molecular complexity index is 706. The number of hydrogen-bond donors (Lipinski definition) is 0. The van der Waals surface area contributed by atoms with Crippen LogP contribution in [0.15, 0.2) is 48.5 Å². The Kier molecular flexibility index (Phi) is 5.05. The molecule has 0 atom stereocenters. The molecular weight excluding hydrogens is 309 g/mol. The minimum Gasteiger partial charge on any atom is -0.365 e. The summed E-state index contributed by atoms with van der Waals surface area (Å²) in [6, 6.07) is 13.5. The molecule has 2 aromatic carbocycles. The van der Waals surface area contributed by atoms with Crippen LogP contribution >= 0.6 is 0 Å². The van der Waals surface area contributed by atoms with E-state index in [1.165, 1.54) is 12.1 Å². The number of benzene rings is 2. The third kappa shape index (κ3) is 3.89. The first-order chi connectivity index (χ1) is 11.6. The Morgan fingerprint density at radius 1 is 1.00 bits per heavy atom. The Morgan fingerprint density at radius 2 is 1.75 bits per heavy atom. The van der Waals surface area contributed by atoms with Gasteiger partial charge in [-0.2, -0.15) is 0 Å². The quantitative estimate of drug-likeness (QED) is 0.637. The largest absolute Gasteiger partial charge is 0.365 e. The molecule has 0 bridgehead atoms. The van der Waals surface area contributed by atoms with Crippen LogP contribution in [0.5, 0.6) is 0 Å². The van der Waals surface area contributed by atoms with Crippen molar-refractivity contribution in [2.75, 3.05) is 31.1 Å². The minimum absolute atomic E-state index is 0.157. The van der Waals surface area contributed by atoms with Crippen molar-refractivity contribution in [3.63, 3.8) is 0 Å². The van der Waals surface area contributed by atoms with Gasteiger partial charge in [-0.25, -0.2) is 4.39 Å². The second-order valence-electron chi connectivity index (χ2n) is 5.99. The zero-order chi connectivity index (χ0) is 16.9. The fourth-order valence-electron chi connectivity index (χ4n) is 3.10. The number of halogens is 1. The average molecular weight is 329 g/mol. The smallest absolute Gasteiger partial charge is 0.292 e. The van der Waals surface area contributed by atoms with Gasteiger partial charge in [0.1, 0.15) is 11.5 Å². The molecular formula is C18H20FN3O2. The maximum absolute atomic E-state index is 13.0. The molecule has 0 aliphatic carbocycles. The van der Waals surface area contributed by atoms with E-state index < -0.39 is 0 Å². The van der Waals surface area contributed by atoms with Gasteiger partial charge in [-0.15, -0.1) is 0 Å². The fourth-order valence-corrected chi connectivity index (χ4v) is 3.10. The minimum atomic E-state index is -0.323. The topological polar surface area (TPSA) is 49.6 Å². The van der Waals surface area contributed by atoms with Crippen LogP contribution < -0.4 is 4.90 Å². The number of nitro benzene ring substituents is 1. The lowest BCUT2D eigenvalue weighted by Gasteiger charge is -2.23. The molecule has 1 aliphatic rings. The van der Waals surface area contributed by atoms with Gasteiger partial charge < -0.3 is 4.90 Å². The molecule has 0 unspecified atom stereocenters. The SMILES string of the molecule is O=[N+]([O-])c1ccccc1N1CCCN(Cc2ccc(F)cc2)CC1. The summed E-state index contributed by atoms with van der Waals surface area (Å²) < 4.78 is 13.0. The number of nitrogens with zero attached hydrogens (tertiary/aromatic N) is 3. The predicted molar refractivity (Wildman–Crippen MR) is 91.6 cm³/mol. The molecule has 1 fully saturated rings. The number of para-hydroxylation sites is 2. The highest BCUT2D eigenvalue weighted by Crippen LogP contribution is 2.28. The summed E-state index contributed by atoms with van der Waals surface area (Å²) in [7, 11) is 0. The molecule has 1 saturated heterocycles. The van der Waals surface area contributed by atoms with E-state index in [2.05, 4.69) is 9.80 Å². The van der Waals surface area contributed by atoms with Gasteiger partial charge in [-0.3, -0.25) is 15.0 Å². The van der Waals surface area contributed by atoms with Gasteiger partial charge in [0, 0.05) is 38.8 Å². The summed E-state index contributed by atoms with van der Waals surface area (Å²) in [5.74, 6) is -0.225. The van der Waals surface area contributed by atoms with Crippen LogP contribution in [0.2, 0.25) is 0 Å². The molecule has 1 aliphatic heterocycles. The fraction of sp³-hybridized carbons (Fsp3) is 0.333. The molecule has 0 amide bonds. The van der Waals surface area contributed by atoms with E-state index in [1.54, 1.807) is 24.3 Å². The second-order valence-corrected chi connectivity index (χ2v) is 5.99. The van der Waals surface area contributed by atoms with Crippen molar-refractivity contribution in [2.24, 2.45) is 0 Å². The summed E-state index contributed by atoms with van der Waals surface area (Å²) in [4.78, 5) is 15.3. The summed E-state index contributed by atoms with van der Waals surface area (Å²) in [6.07, 6.45) is 0.938. The second kappa shape index (κ2) is 7.40. The van der Waals surface area contributed by atoms with Gasteiger partial charge in [0.2, 0.25) is 0 Å². The van der Waals surface area contributed by atoms with Crippen LogP contribution in [0.3, 0.4) is 0 Å². The van der Waals surface area contributed by atoms with Crippen molar-refractivity contribution in [3.05, 3.63) is 70.0 Å². The van der Waals surface area contributed by atoms with Crippen LogP contribution in [0.4, 0.5) is 15.8 Å². The first kappa shape index (κ1) is 16.4. The zero-order valence-electron chi connectivity index (χ0n) is 13.4. The monoisotopic (exact) mass is 329 g/mol. The number of nitro groups is 1. The Labute approximate surface area is 140 Å². The molecule has 5 nitrogen and oxygen atoms in total. The standard InChI is InChI=1S/C18H20FN3O2/c19-16-8-6-15(7-9-16)14-20-10-3-11-21(13-12-20)17-4-1-2-5-18(17)22(23)24/h1-2,4-9H,3,10-14H2. The molecule has 6 heteroatoms. The Hall–Kier alpha value is -2.47. The van der Waals surface area contributed by atoms with E-state index >= 15 is 0 Å². The molecule has 3 rings (SSSR count). The van der Waals surface area contributed by atoms with E-state index in [9.17, 15) is 14.5 Å². The predicted octanol–water partition coefficient (Wildman–Crippen LogP) is 3.45. The van der Waals surface area contributed by atoms with E-state index in [1.807, 2.05) is 12.1 Å². The third-order valence-corrected chi connectivity index (χ3v) is 4.33. The molecule has 24 heavy (non-hydrogen) atoms. The summed E-state index contributed by atoms with van der Waals surface area (Å²) in [6.45, 7) is 4.06. The van der Waals surface area contributed by atoms with Crippen LogP contribution in [0.25, 0.3) is 0 Å². The van der Waals surface area contributed by atoms with E-state index in [0.29, 0.717) is 5.69 Å². The van der Waals surface area contributed by atoms with Crippen LogP contribution in [-0.2, 0) is 6.54 Å². The third-order valence-electron chi connectivity index (χ3n) is 4.33. The highest BCUT2D eigenvalue weighted by molar-refractivity contribution is 5.63. The first-order valence-electron chi connectivity index (χ1n) is 8.08. The molecule has 2 aromatic rings. The molecule has 0 saturated carbocycles. The summed E-state index contributed by atoms with van der Waals surface area (Å²) in [5, 5.41) is 11.2. The van der Waals surface area contributed by atoms with Crippen molar-refractivity contribution in [1.29, 1.82) is 0 Å². The first-order valence-corrected chi connectivity index (χ1v) is 8.08. The molecule has 0 N–H and O–H groups in total. The van der Waals surface area contributed by atoms with Gasteiger partial charge in [0.05, 0.1) is 4.92 Å². The van der Waals surface area contributed by atoms with Crippen molar-refractivity contribution in [2.45, 2.75) is 13.0 Å². The lowest BCUT2D eigenvalue weighted by atomic mass is 10.2. The van der Waals surface area contributed by atoms with Crippen molar-refractivity contribution < 1.29 is 9.31 Å². The van der Waals surface area contributed by atoms with Crippen molar-refractivity contribution >= 4 is 11.4 Å². The molecule has 0 spiro atoms. The summed E-state index contributed by atoms with van der Waals surface area (Å²) in [5.41, 5.74) is 1.92. The lowest BCUT2D eigenvalue weighted by molar-refractivity contribution is -0.384. The van der Waals surface area contributed by atoms with E-state index in [4.69, 9.17) is 0 Å². The highest BCUT2D eigenvalue weighted by atomic mass is 19.1. The normalized spacial score (nSPS) is 16.0. The zero-order valence-corrected chi connectivity index (χ0v) is 13.4. The van der Waals surface area contributed by atoms with Gasteiger partial charge in [0.15, 0.2) is 0 Å². The number of anilines is 1. The van der Waals surface area contributed by atoms with Gasteiger partial charge in [-0.1, -0.05) is 24.3 Å². The lowest BCUT2D eigenvalue weighted by Crippen LogP contribution is -2.30. The maximum atomic E-state index is 13.0. The molecule has 0 aromatic heterocycles. The maximum Gasteiger partial charge on any atom is 0.292 e. The van der Waals surface area contributed by atoms with Crippen molar-refractivity contribution in [1.82, 2.24) is 4.90 Å². The van der Waals surface area contributed by atoms with Gasteiger partial charge in [0.25, 0.3) is 5.69 Å². The number of hydrogen-bond acceptors (Lipinski definition) is 4. The van der Waals surface area contributed by atoms with Crippen LogP contribution in [0, 0.1) is 15.9 Å². The van der Waals surface area contributed by atoms with Gasteiger partial charge >= 0.3 is 0 Å². The molecule has 1 heterocycles.